The Morgan fingerprint density at radius 3 is 2.82 bits per heavy atom. The Morgan fingerprint density at radius 1 is 1.50 bits per heavy atom. The summed E-state index contributed by atoms with van der Waals surface area (Å²) in [5.41, 5.74) is 1.47. The molecule has 22 heavy (non-hydrogen) atoms. The number of hydrogen-bond donors (Lipinski definition) is 0. The quantitative estimate of drug-likeness (QED) is 0.803. The number of aryl methyl sites for hydroxylation is 1. The van der Waals surface area contributed by atoms with Gasteiger partial charge in [0.15, 0.2) is 0 Å². The van der Waals surface area contributed by atoms with Crippen LogP contribution in [0.1, 0.15) is 48.8 Å². The summed E-state index contributed by atoms with van der Waals surface area (Å²) in [5.74, 6) is 1.45. The van der Waals surface area contributed by atoms with Gasteiger partial charge in [0.05, 0.1) is 17.9 Å². The number of hydrogen-bond acceptors (Lipinski definition) is 5. The summed E-state index contributed by atoms with van der Waals surface area (Å²) in [7, 11) is 0. The molecule has 0 saturated carbocycles. The van der Waals surface area contributed by atoms with Gasteiger partial charge in [-0.05, 0) is 38.2 Å². The summed E-state index contributed by atoms with van der Waals surface area (Å²) in [6.45, 7) is 10.1. The van der Waals surface area contributed by atoms with E-state index in [1.807, 2.05) is 0 Å². The number of pyridine rings is 1. The highest BCUT2D eigenvalue weighted by Crippen LogP contribution is 2.29. The first-order valence-electron chi connectivity index (χ1n) is 7.81. The fourth-order valence-electron chi connectivity index (χ4n) is 2.76. The van der Waals surface area contributed by atoms with Crippen molar-refractivity contribution in [1.82, 2.24) is 4.98 Å². The average Bonchev–Trinajstić information content (AvgIpc) is 2.50. The third kappa shape index (κ3) is 3.22. The zero-order valence-corrected chi connectivity index (χ0v) is 13.7. The summed E-state index contributed by atoms with van der Waals surface area (Å²) < 4.78 is 5.13. The molecule has 0 bridgehead atoms. The highest BCUT2D eigenvalue weighted by Gasteiger charge is 2.27. The topological polar surface area (TPSA) is 66.2 Å². The van der Waals surface area contributed by atoms with Crippen LogP contribution in [0, 0.1) is 30.1 Å². The second kappa shape index (κ2) is 6.78. The van der Waals surface area contributed by atoms with Crippen LogP contribution >= 0.6 is 0 Å². The maximum absolute atomic E-state index is 12.2. The SMILES string of the molecule is CCOC(=O)c1cc(C#N)c(C)nc1N1CCC(C)C(C)C1. The fourth-order valence-corrected chi connectivity index (χ4v) is 2.76. The summed E-state index contributed by atoms with van der Waals surface area (Å²) in [5, 5.41) is 9.18. The minimum atomic E-state index is -0.409. The highest BCUT2D eigenvalue weighted by atomic mass is 16.5. The third-order valence-corrected chi connectivity index (χ3v) is 4.44. The molecule has 2 unspecified atom stereocenters. The van der Waals surface area contributed by atoms with Crippen molar-refractivity contribution in [2.45, 2.75) is 34.1 Å². The predicted molar refractivity (Wildman–Crippen MR) is 84.8 cm³/mol. The molecule has 0 radical (unpaired) electrons. The maximum Gasteiger partial charge on any atom is 0.341 e. The van der Waals surface area contributed by atoms with Gasteiger partial charge in [-0.15, -0.1) is 0 Å². The molecule has 118 valence electrons. The fraction of sp³-hybridized carbons (Fsp3) is 0.588. The number of esters is 1. The van der Waals surface area contributed by atoms with E-state index in [4.69, 9.17) is 4.74 Å². The average molecular weight is 301 g/mol. The third-order valence-electron chi connectivity index (χ3n) is 4.44. The molecule has 1 aromatic rings. The Bertz CT molecular complexity index is 607. The molecule has 1 fully saturated rings. The number of piperidine rings is 1. The van der Waals surface area contributed by atoms with Crippen LogP contribution in [0.15, 0.2) is 6.07 Å². The Hall–Kier alpha value is -2.09. The second-order valence-electron chi connectivity index (χ2n) is 6.01. The van der Waals surface area contributed by atoms with E-state index in [-0.39, 0.29) is 0 Å². The zero-order chi connectivity index (χ0) is 16.3. The van der Waals surface area contributed by atoms with Gasteiger partial charge in [0.2, 0.25) is 0 Å². The van der Waals surface area contributed by atoms with Gasteiger partial charge in [-0.2, -0.15) is 5.26 Å². The summed E-state index contributed by atoms with van der Waals surface area (Å²) in [6.07, 6.45) is 1.07. The largest absolute Gasteiger partial charge is 0.462 e. The van der Waals surface area contributed by atoms with E-state index in [9.17, 15) is 10.1 Å². The Labute approximate surface area is 131 Å². The molecule has 0 aromatic carbocycles. The summed E-state index contributed by atoms with van der Waals surface area (Å²) in [4.78, 5) is 18.9. The number of rotatable bonds is 3. The normalized spacial score (nSPS) is 21.3. The van der Waals surface area contributed by atoms with Gasteiger partial charge < -0.3 is 9.64 Å². The first kappa shape index (κ1) is 16.3. The van der Waals surface area contributed by atoms with Crippen molar-refractivity contribution in [3.63, 3.8) is 0 Å². The maximum atomic E-state index is 12.2. The highest BCUT2D eigenvalue weighted by molar-refractivity contribution is 5.95. The van der Waals surface area contributed by atoms with Gasteiger partial charge in [-0.1, -0.05) is 13.8 Å². The summed E-state index contributed by atoms with van der Waals surface area (Å²) in [6, 6.07) is 3.70. The molecule has 1 aromatic heterocycles. The predicted octanol–water partition coefficient (Wildman–Crippen LogP) is 2.92. The molecule has 0 amide bonds. The Morgan fingerprint density at radius 2 is 2.23 bits per heavy atom. The smallest absolute Gasteiger partial charge is 0.341 e. The molecule has 0 N–H and O–H groups in total. The van der Waals surface area contributed by atoms with Crippen LogP contribution in [0.2, 0.25) is 0 Å². The number of carbonyl (C=O) groups excluding carboxylic acids is 1. The van der Waals surface area contributed by atoms with Crippen molar-refractivity contribution in [3.8, 4) is 6.07 Å². The van der Waals surface area contributed by atoms with Gasteiger partial charge >= 0.3 is 5.97 Å². The number of aromatic nitrogens is 1. The van der Waals surface area contributed by atoms with E-state index in [1.54, 1.807) is 19.9 Å². The van der Waals surface area contributed by atoms with Crippen LogP contribution in [-0.2, 0) is 4.74 Å². The molecule has 0 spiro atoms. The van der Waals surface area contributed by atoms with Crippen molar-refractivity contribution in [2.24, 2.45) is 11.8 Å². The minimum Gasteiger partial charge on any atom is -0.462 e. The lowest BCUT2D eigenvalue weighted by Crippen LogP contribution is -2.40. The van der Waals surface area contributed by atoms with Crippen LogP contribution in [-0.4, -0.2) is 30.6 Å². The number of ether oxygens (including phenoxy) is 1. The summed E-state index contributed by atoms with van der Waals surface area (Å²) >= 11 is 0. The number of carbonyl (C=O) groups is 1. The van der Waals surface area contributed by atoms with Crippen LogP contribution < -0.4 is 4.90 Å². The van der Waals surface area contributed by atoms with Crippen molar-refractivity contribution >= 4 is 11.8 Å². The lowest BCUT2D eigenvalue weighted by Gasteiger charge is -2.36. The van der Waals surface area contributed by atoms with Crippen LogP contribution in [0.25, 0.3) is 0 Å². The van der Waals surface area contributed by atoms with E-state index in [0.29, 0.717) is 41.1 Å². The molecule has 0 aliphatic carbocycles. The van der Waals surface area contributed by atoms with Crippen molar-refractivity contribution in [2.75, 3.05) is 24.6 Å². The lowest BCUT2D eigenvalue weighted by molar-refractivity contribution is 0.0526. The molecule has 2 heterocycles. The van der Waals surface area contributed by atoms with Crippen LogP contribution in [0.5, 0.6) is 0 Å². The zero-order valence-electron chi connectivity index (χ0n) is 13.7. The standard InChI is InChI=1S/C17H23N3O2/c1-5-22-17(21)15-8-14(9-18)13(4)19-16(15)20-7-6-11(2)12(3)10-20/h8,11-12H,5-7,10H2,1-4H3. The number of nitrogens with zero attached hydrogens (tertiary/aromatic N) is 3. The lowest BCUT2D eigenvalue weighted by atomic mass is 9.88. The first-order valence-corrected chi connectivity index (χ1v) is 7.81. The Kier molecular flexibility index (Phi) is 5.02. The molecular formula is C17H23N3O2. The van der Waals surface area contributed by atoms with Crippen molar-refractivity contribution in [1.29, 1.82) is 5.26 Å². The second-order valence-corrected chi connectivity index (χ2v) is 6.01. The number of nitriles is 1. The Balaban J connectivity index is 2.43. The molecule has 5 heteroatoms. The number of anilines is 1. The van der Waals surface area contributed by atoms with E-state index in [1.165, 1.54) is 0 Å². The molecule has 2 rings (SSSR count). The van der Waals surface area contributed by atoms with Gasteiger partial charge in [-0.25, -0.2) is 9.78 Å². The minimum absolute atomic E-state index is 0.307. The van der Waals surface area contributed by atoms with Crippen LogP contribution in [0.3, 0.4) is 0 Å². The molecule has 2 atom stereocenters. The van der Waals surface area contributed by atoms with Gasteiger partial charge in [-0.3, -0.25) is 0 Å². The molecule has 1 aliphatic rings. The first-order chi connectivity index (χ1) is 10.5. The van der Waals surface area contributed by atoms with E-state index >= 15 is 0 Å². The van der Waals surface area contributed by atoms with E-state index in [2.05, 4.69) is 29.8 Å². The van der Waals surface area contributed by atoms with E-state index < -0.39 is 5.97 Å². The van der Waals surface area contributed by atoms with E-state index in [0.717, 1.165) is 19.5 Å². The van der Waals surface area contributed by atoms with Crippen molar-refractivity contribution in [3.05, 3.63) is 22.9 Å². The molecule has 1 aliphatic heterocycles. The molecular weight excluding hydrogens is 278 g/mol. The van der Waals surface area contributed by atoms with Gasteiger partial charge in [0.1, 0.15) is 17.5 Å². The van der Waals surface area contributed by atoms with Gasteiger partial charge in [0.25, 0.3) is 0 Å². The van der Waals surface area contributed by atoms with Gasteiger partial charge in [0, 0.05) is 13.1 Å². The van der Waals surface area contributed by atoms with Crippen LogP contribution in [0.4, 0.5) is 5.82 Å². The molecule has 1 saturated heterocycles. The molecule has 5 nitrogen and oxygen atoms in total. The monoisotopic (exact) mass is 301 g/mol. The van der Waals surface area contributed by atoms with Crippen molar-refractivity contribution < 1.29 is 9.53 Å².